The number of aryl methyl sites for hydroxylation is 1. The lowest BCUT2D eigenvalue weighted by Crippen LogP contribution is -2.51. The van der Waals surface area contributed by atoms with Crippen LogP contribution in [-0.4, -0.2) is 51.4 Å². The zero-order chi connectivity index (χ0) is 32.4. The summed E-state index contributed by atoms with van der Waals surface area (Å²) in [7, 11) is -2.64. The van der Waals surface area contributed by atoms with Crippen molar-refractivity contribution in [2.75, 3.05) is 24.5 Å². The van der Waals surface area contributed by atoms with Gasteiger partial charge in [-0.05, 0) is 86.5 Å². The highest BCUT2D eigenvalue weighted by molar-refractivity contribution is 7.92. The molecule has 1 atom stereocenters. The number of anilines is 1. The van der Waals surface area contributed by atoms with Crippen molar-refractivity contribution in [2.24, 2.45) is 0 Å². The number of benzene rings is 4. The van der Waals surface area contributed by atoms with E-state index in [9.17, 15) is 18.0 Å². The zero-order valence-corrected chi connectivity index (χ0v) is 26.8. The number of methoxy groups -OCH3 is 1. The molecule has 0 aliphatic rings. The fourth-order valence-corrected chi connectivity index (χ4v) is 6.03. The van der Waals surface area contributed by atoms with E-state index in [2.05, 4.69) is 5.32 Å². The highest BCUT2D eigenvalue weighted by atomic mass is 32.2. The van der Waals surface area contributed by atoms with Gasteiger partial charge in [0.15, 0.2) is 0 Å². The second-order valence-corrected chi connectivity index (χ2v) is 12.4. The first-order chi connectivity index (χ1) is 21.6. The molecule has 0 saturated carbocycles. The van der Waals surface area contributed by atoms with Crippen molar-refractivity contribution < 1.29 is 27.5 Å². The van der Waals surface area contributed by atoms with Crippen LogP contribution < -0.4 is 19.1 Å². The first-order valence-corrected chi connectivity index (χ1v) is 16.2. The third-order valence-corrected chi connectivity index (χ3v) is 8.98. The largest absolute Gasteiger partial charge is 0.497 e. The van der Waals surface area contributed by atoms with E-state index in [1.807, 2.05) is 50.2 Å². The smallest absolute Gasteiger partial charge is 0.264 e. The summed E-state index contributed by atoms with van der Waals surface area (Å²) in [5.74, 6) is 0.864. The molecule has 4 aromatic rings. The number of hydrogen-bond acceptors (Lipinski definition) is 6. The van der Waals surface area contributed by atoms with E-state index in [4.69, 9.17) is 9.47 Å². The summed E-state index contributed by atoms with van der Waals surface area (Å²) in [5.41, 5.74) is 1.90. The molecule has 4 aromatic carbocycles. The number of carbonyl (C=O) groups is 2. The Hall–Kier alpha value is -4.83. The predicted molar refractivity (Wildman–Crippen MR) is 175 cm³/mol. The van der Waals surface area contributed by atoms with Gasteiger partial charge in [0.2, 0.25) is 11.8 Å². The van der Waals surface area contributed by atoms with Gasteiger partial charge in [0.25, 0.3) is 10.0 Å². The van der Waals surface area contributed by atoms with Gasteiger partial charge < -0.3 is 19.7 Å². The van der Waals surface area contributed by atoms with E-state index in [0.29, 0.717) is 23.8 Å². The maximum Gasteiger partial charge on any atom is 0.264 e. The molecule has 0 fully saturated rings. The fraction of sp³-hybridized carbons (Fsp3) is 0.257. The number of rotatable bonds is 14. The van der Waals surface area contributed by atoms with Gasteiger partial charge in [-0.15, -0.1) is 0 Å². The Bertz CT molecular complexity index is 1680. The van der Waals surface area contributed by atoms with E-state index in [0.717, 1.165) is 21.9 Å². The molecule has 2 amide bonds. The summed E-state index contributed by atoms with van der Waals surface area (Å²) in [4.78, 5) is 28.6. The van der Waals surface area contributed by atoms with Crippen molar-refractivity contribution >= 4 is 27.5 Å². The van der Waals surface area contributed by atoms with Crippen LogP contribution in [0.3, 0.4) is 0 Å². The Kier molecular flexibility index (Phi) is 11.2. The van der Waals surface area contributed by atoms with Crippen LogP contribution in [-0.2, 0) is 26.2 Å². The number of nitrogens with zero attached hydrogens (tertiary/aromatic N) is 2. The van der Waals surface area contributed by atoms with Gasteiger partial charge in [0.1, 0.15) is 29.8 Å². The Labute approximate surface area is 265 Å². The van der Waals surface area contributed by atoms with E-state index < -0.39 is 28.5 Å². The summed E-state index contributed by atoms with van der Waals surface area (Å²) in [6, 6.07) is 28.5. The van der Waals surface area contributed by atoms with Gasteiger partial charge >= 0.3 is 0 Å². The van der Waals surface area contributed by atoms with Crippen molar-refractivity contribution in [1.82, 2.24) is 10.2 Å². The van der Waals surface area contributed by atoms with Crippen LogP contribution >= 0.6 is 0 Å². The van der Waals surface area contributed by atoms with Crippen LogP contribution in [0.15, 0.2) is 108 Å². The van der Waals surface area contributed by atoms with Crippen LogP contribution in [0, 0.1) is 6.92 Å². The molecular formula is C35H39N3O6S. The number of amides is 2. The van der Waals surface area contributed by atoms with Crippen LogP contribution in [0.4, 0.5) is 5.69 Å². The van der Waals surface area contributed by atoms with Gasteiger partial charge in [-0.2, -0.15) is 0 Å². The molecule has 0 aliphatic heterocycles. The zero-order valence-electron chi connectivity index (χ0n) is 26.0. The summed E-state index contributed by atoms with van der Waals surface area (Å²) < 4.78 is 40.5. The Morgan fingerprint density at radius 1 is 0.844 bits per heavy atom. The molecule has 0 radical (unpaired) electrons. The molecule has 0 aliphatic carbocycles. The van der Waals surface area contributed by atoms with Crippen molar-refractivity contribution in [1.29, 1.82) is 0 Å². The summed E-state index contributed by atoms with van der Waals surface area (Å²) in [6.07, 6.45) is 0.731. The summed E-state index contributed by atoms with van der Waals surface area (Å²) in [6.45, 7) is 5.43. The first-order valence-electron chi connectivity index (χ1n) is 14.7. The number of nitrogens with one attached hydrogen (secondary N) is 1. The second-order valence-electron chi connectivity index (χ2n) is 10.6. The van der Waals surface area contributed by atoms with Gasteiger partial charge in [-0.25, -0.2) is 8.42 Å². The topological polar surface area (TPSA) is 105 Å². The van der Waals surface area contributed by atoms with Crippen LogP contribution in [0.5, 0.6) is 17.2 Å². The van der Waals surface area contributed by atoms with Gasteiger partial charge in [-0.3, -0.25) is 13.9 Å². The van der Waals surface area contributed by atoms with E-state index in [1.54, 1.807) is 68.6 Å². The number of sulfonamides is 1. The second kappa shape index (κ2) is 15.3. The molecule has 10 heteroatoms. The maximum absolute atomic E-state index is 14.1. The Morgan fingerprint density at radius 3 is 2.13 bits per heavy atom. The van der Waals surface area contributed by atoms with E-state index in [1.165, 1.54) is 17.0 Å². The van der Waals surface area contributed by atoms with Crippen LogP contribution in [0.1, 0.15) is 31.4 Å². The first kappa shape index (κ1) is 33.1. The molecule has 0 heterocycles. The molecule has 0 unspecified atom stereocenters. The van der Waals surface area contributed by atoms with Gasteiger partial charge in [-0.1, -0.05) is 55.0 Å². The molecule has 236 valence electrons. The van der Waals surface area contributed by atoms with E-state index in [-0.39, 0.29) is 23.0 Å². The monoisotopic (exact) mass is 629 g/mol. The normalized spacial score (nSPS) is 11.7. The number of hydrogen-bond donors (Lipinski definition) is 1. The van der Waals surface area contributed by atoms with Gasteiger partial charge in [0.05, 0.1) is 17.7 Å². The average Bonchev–Trinajstić information content (AvgIpc) is 3.05. The standard InChI is InChI=1S/C35H39N3O6S/c1-5-22-36-35(40)27(3)37(24-28-10-9-13-32(23-28)43-4)34(39)25-38(45(41,42)33-20-14-26(2)15-21-33)29-16-18-31(19-17-29)44-30-11-7-6-8-12-30/h6-21,23,27H,5,22,24-25H2,1-4H3,(H,36,40)/t27-/m1/s1. The predicted octanol–water partition coefficient (Wildman–Crippen LogP) is 5.93. The summed E-state index contributed by atoms with van der Waals surface area (Å²) >= 11 is 0. The average molecular weight is 630 g/mol. The number of para-hydroxylation sites is 1. The third kappa shape index (κ3) is 8.63. The van der Waals surface area contributed by atoms with E-state index >= 15 is 0 Å². The minimum Gasteiger partial charge on any atom is -0.497 e. The third-order valence-electron chi connectivity index (χ3n) is 7.20. The lowest BCUT2D eigenvalue weighted by Gasteiger charge is -2.32. The number of ether oxygens (including phenoxy) is 2. The van der Waals surface area contributed by atoms with Gasteiger partial charge in [0, 0.05) is 13.1 Å². The maximum atomic E-state index is 14.1. The highest BCUT2D eigenvalue weighted by Crippen LogP contribution is 2.29. The molecule has 0 bridgehead atoms. The van der Waals surface area contributed by atoms with Crippen molar-refractivity contribution in [2.45, 2.75) is 44.7 Å². The molecule has 0 aromatic heterocycles. The quantitative estimate of drug-likeness (QED) is 0.185. The summed E-state index contributed by atoms with van der Waals surface area (Å²) in [5, 5.41) is 2.85. The van der Waals surface area contributed by atoms with Crippen molar-refractivity contribution in [3.63, 3.8) is 0 Å². The lowest BCUT2D eigenvalue weighted by atomic mass is 10.1. The molecule has 0 spiro atoms. The van der Waals surface area contributed by atoms with Crippen molar-refractivity contribution in [3.8, 4) is 17.2 Å². The highest BCUT2D eigenvalue weighted by Gasteiger charge is 2.32. The fourth-order valence-electron chi connectivity index (χ4n) is 4.62. The molecular weight excluding hydrogens is 590 g/mol. The Morgan fingerprint density at radius 2 is 1.49 bits per heavy atom. The minimum atomic E-state index is -4.19. The molecule has 1 N–H and O–H groups in total. The molecule has 4 rings (SSSR count). The minimum absolute atomic E-state index is 0.0404. The SMILES string of the molecule is CCCNC(=O)[C@@H](C)N(Cc1cccc(OC)c1)C(=O)CN(c1ccc(Oc2ccccc2)cc1)S(=O)(=O)c1ccc(C)cc1. The molecule has 0 saturated heterocycles. The molecule has 9 nitrogen and oxygen atoms in total. The molecule has 45 heavy (non-hydrogen) atoms. The van der Waals surface area contributed by atoms with Crippen molar-refractivity contribution in [3.05, 3.63) is 114 Å². The number of carbonyl (C=O) groups excluding carboxylic acids is 2. The van der Waals surface area contributed by atoms with Crippen LogP contribution in [0.2, 0.25) is 0 Å². The lowest BCUT2D eigenvalue weighted by molar-refractivity contribution is -0.139. The van der Waals surface area contributed by atoms with Crippen LogP contribution in [0.25, 0.3) is 0 Å². The Balaban J connectivity index is 1.70.